The predicted octanol–water partition coefficient (Wildman–Crippen LogP) is 3.23. The highest BCUT2D eigenvalue weighted by Gasteiger charge is 2.71. The maximum atomic E-state index is 14.5. The fourth-order valence-electron chi connectivity index (χ4n) is 6.66. The molecule has 1 unspecified atom stereocenters. The number of likely N-dealkylation sites (tertiary alicyclic amines) is 1. The maximum absolute atomic E-state index is 14.5. The first-order valence-electron chi connectivity index (χ1n) is 13.9. The number of cyclic esters (lactones) is 1. The van der Waals surface area contributed by atoms with Gasteiger partial charge in [0.25, 0.3) is 5.91 Å². The molecular weight excluding hydrogens is 484 g/mol. The molecule has 4 aliphatic heterocycles. The van der Waals surface area contributed by atoms with E-state index in [0.717, 1.165) is 42.5 Å². The van der Waals surface area contributed by atoms with E-state index < -0.39 is 35.6 Å². The highest BCUT2D eigenvalue weighted by Crippen LogP contribution is 2.53. The Morgan fingerprint density at radius 3 is 2.58 bits per heavy atom. The summed E-state index contributed by atoms with van der Waals surface area (Å²) in [5, 5.41) is 9.24. The first-order valence-corrected chi connectivity index (χ1v) is 13.9. The van der Waals surface area contributed by atoms with Gasteiger partial charge in [-0.2, -0.15) is 0 Å². The number of hydrogen-bond donors (Lipinski definition) is 1. The zero-order chi connectivity index (χ0) is 26.9. The van der Waals surface area contributed by atoms with Crippen molar-refractivity contribution in [2.24, 2.45) is 11.8 Å². The molecular formula is C30H38N2O6. The van der Waals surface area contributed by atoms with Gasteiger partial charge in [0.05, 0.1) is 18.6 Å². The molecule has 1 spiro atoms. The Hall–Kier alpha value is -2.97. The molecule has 5 rings (SSSR count). The van der Waals surface area contributed by atoms with Gasteiger partial charge in [0.1, 0.15) is 17.6 Å². The molecule has 0 aromatic heterocycles. The molecule has 204 valence electrons. The Kier molecular flexibility index (Phi) is 7.73. The quantitative estimate of drug-likeness (QED) is 0.350. The molecule has 4 aliphatic rings. The lowest BCUT2D eigenvalue weighted by molar-refractivity contribution is -0.154. The van der Waals surface area contributed by atoms with Crippen molar-refractivity contribution in [1.82, 2.24) is 4.90 Å². The summed E-state index contributed by atoms with van der Waals surface area (Å²) in [7, 11) is 0. The summed E-state index contributed by atoms with van der Waals surface area (Å²) >= 11 is 0. The van der Waals surface area contributed by atoms with E-state index in [1.54, 1.807) is 9.80 Å². The van der Waals surface area contributed by atoms with Crippen LogP contribution in [0.25, 0.3) is 0 Å². The highest BCUT2D eigenvalue weighted by molar-refractivity contribution is 6.06. The first-order chi connectivity index (χ1) is 18.4. The number of ether oxygens (including phenoxy) is 2. The Bertz CT molecular complexity index is 1130. The third kappa shape index (κ3) is 4.47. The second kappa shape index (κ2) is 11.0. The van der Waals surface area contributed by atoms with E-state index in [4.69, 9.17) is 9.47 Å². The molecule has 2 saturated heterocycles. The number of rotatable bonds is 6. The number of unbranched alkanes of at least 4 members (excludes halogenated alkanes) is 2. The summed E-state index contributed by atoms with van der Waals surface area (Å²) in [4.78, 5) is 45.4. The number of esters is 1. The fraction of sp³-hybridized carbons (Fsp3) is 0.567. The molecule has 0 bridgehead atoms. The number of fused-ring (bicyclic) bond motifs is 2. The Morgan fingerprint density at radius 1 is 1.03 bits per heavy atom. The van der Waals surface area contributed by atoms with Crippen molar-refractivity contribution >= 4 is 23.5 Å². The normalized spacial score (nSPS) is 31.9. The number of amides is 2. The Morgan fingerprint density at radius 2 is 1.82 bits per heavy atom. The predicted molar refractivity (Wildman–Crippen MR) is 142 cm³/mol. The van der Waals surface area contributed by atoms with E-state index in [9.17, 15) is 19.5 Å². The second-order valence-electron chi connectivity index (χ2n) is 10.8. The summed E-state index contributed by atoms with van der Waals surface area (Å²) in [6.07, 6.45) is 11.5. The summed E-state index contributed by atoms with van der Waals surface area (Å²) in [6, 6.07) is 5.03. The van der Waals surface area contributed by atoms with Crippen LogP contribution >= 0.6 is 0 Å². The van der Waals surface area contributed by atoms with Gasteiger partial charge in [0, 0.05) is 25.4 Å². The van der Waals surface area contributed by atoms with Crippen molar-refractivity contribution < 1.29 is 29.0 Å². The minimum Gasteiger partial charge on any atom is -0.465 e. The van der Waals surface area contributed by atoms with Crippen LogP contribution in [0.4, 0.5) is 5.69 Å². The molecule has 0 radical (unpaired) electrons. The maximum Gasteiger partial charge on any atom is 0.312 e. The van der Waals surface area contributed by atoms with Crippen molar-refractivity contribution in [3.8, 4) is 0 Å². The van der Waals surface area contributed by atoms with E-state index in [-0.39, 0.29) is 18.4 Å². The number of anilines is 1. The molecule has 8 heteroatoms. The van der Waals surface area contributed by atoms with Gasteiger partial charge in [-0.3, -0.25) is 14.4 Å². The molecule has 1 aromatic carbocycles. The van der Waals surface area contributed by atoms with Crippen LogP contribution in [0.2, 0.25) is 0 Å². The first kappa shape index (κ1) is 26.6. The number of aliphatic hydroxyl groups is 1. The summed E-state index contributed by atoms with van der Waals surface area (Å²) in [5.41, 5.74) is 1.53. The zero-order valence-corrected chi connectivity index (χ0v) is 22.3. The Balaban J connectivity index is 1.59. The van der Waals surface area contributed by atoms with Gasteiger partial charge in [-0.1, -0.05) is 42.5 Å². The average Bonchev–Trinajstić information content (AvgIpc) is 3.27. The van der Waals surface area contributed by atoms with E-state index in [0.29, 0.717) is 32.5 Å². The molecule has 0 saturated carbocycles. The van der Waals surface area contributed by atoms with Crippen LogP contribution in [0.3, 0.4) is 0 Å². The molecule has 2 amide bonds. The zero-order valence-electron chi connectivity index (χ0n) is 22.3. The molecule has 1 aromatic rings. The third-order valence-corrected chi connectivity index (χ3v) is 8.37. The molecule has 4 heterocycles. The molecule has 38 heavy (non-hydrogen) atoms. The number of hydrogen-bond acceptors (Lipinski definition) is 6. The van der Waals surface area contributed by atoms with Gasteiger partial charge in [-0.25, -0.2) is 0 Å². The minimum atomic E-state index is -1.26. The van der Waals surface area contributed by atoms with Crippen molar-refractivity contribution in [2.75, 3.05) is 31.2 Å². The standard InChI is InChI=1S/C30H38N2O6/c1-20-12-10-13-21(2)25(20)31-17-11-15-30-24(23-22(38-30)14-6-3-4-9-19-37-29(23)36)27(34)32(26(30)28(31)35)16-7-5-8-18-33/h6,10-15,22-24,26,33H,3-5,7-9,16-19H2,1-2H3/b14-6-/t22-,23+,24+,26?,30+/m1/s1. The summed E-state index contributed by atoms with van der Waals surface area (Å²) < 4.78 is 12.3. The van der Waals surface area contributed by atoms with Crippen molar-refractivity contribution in [3.05, 3.63) is 53.6 Å². The van der Waals surface area contributed by atoms with Crippen LogP contribution in [-0.2, 0) is 23.9 Å². The monoisotopic (exact) mass is 522 g/mol. The average molecular weight is 523 g/mol. The molecule has 0 aliphatic carbocycles. The van der Waals surface area contributed by atoms with Crippen LogP contribution < -0.4 is 4.90 Å². The number of nitrogens with zero attached hydrogens (tertiary/aromatic N) is 2. The highest BCUT2D eigenvalue weighted by atomic mass is 16.6. The largest absolute Gasteiger partial charge is 0.465 e. The van der Waals surface area contributed by atoms with Crippen molar-refractivity contribution in [3.63, 3.8) is 0 Å². The topological polar surface area (TPSA) is 96.4 Å². The molecule has 1 N–H and O–H groups in total. The van der Waals surface area contributed by atoms with E-state index >= 15 is 0 Å². The number of para-hydroxylation sites is 1. The van der Waals surface area contributed by atoms with E-state index in [2.05, 4.69) is 0 Å². The van der Waals surface area contributed by atoms with Gasteiger partial charge in [0.2, 0.25) is 5.91 Å². The Labute approximate surface area is 224 Å². The van der Waals surface area contributed by atoms with Gasteiger partial charge in [-0.15, -0.1) is 0 Å². The third-order valence-electron chi connectivity index (χ3n) is 8.37. The van der Waals surface area contributed by atoms with Gasteiger partial charge in [-0.05, 0) is 63.5 Å². The summed E-state index contributed by atoms with van der Waals surface area (Å²) in [6.45, 7) is 5.06. The molecule has 8 nitrogen and oxygen atoms in total. The summed E-state index contributed by atoms with van der Waals surface area (Å²) in [5.74, 6) is -2.54. The lowest BCUT2D eigenvalue weighted by atomic mass is 9.78. The number of carbonyl (C=O) groups excluding carboxylic acids is 3. The van der Waals surface area contributed by atoms with Crippen LogP contribution in [0.1, 0.15) is 49.7 Å². The van der Waals surface area contributed by atoms with Gasteiger partial charge in [0.15, 0.2) is 0 Å². The number of aliphatic hydroxyl groups excluding tert-OH is 1. The van der Waals surface area contributed by atoms with Crippen molar-refractivity contribution in [2.45, 2.75) is 70.1 Å². The lowest BCUT2D eigenvalue weighted by Gasteiger charge is -2.36. The number of benzene rings is 1. The number of carbonyl (C=O) groups is 3. The SMILES string of the molecule is Cc1cccc(C)c1N1CC=C[C@]23O[C@@H]4/C=C\CCCCOC(=O)[C@@H]4[C@H]2C(=O)N(CCCCCO)C3C1=O. The van der Waals surface area contributed by atoms with Crippen LogP contribution in [0, 0.1) is 25.7 Å². The molecule has 5 atom stereocenters. The van der Waals surface area contributed by atoms with Crippen LogP contribution in [0.15, 0.2) is 42.5 Å². The van der Waals surface area contributed by atoms with Gasteiger partial charge >= 0.3 is 5.97 Å². The van der Waals surface area contributed by atoms with Crippen molar-refractivity contribution in [1.29, 1.82) is 0 Å². The van der Waals surface area contributed by atoms with Crippen LogP contribution in [0.5, 0.6) is 0 Å². The second-order valence-corrected chi connectivity index (χ2v) is 10.8. The van der Waals surface area contributed by atoms with Gasteiger partial charge < -0.3 is 24.4 Å². The minimum absolute atomic E-state index is 0.0803. The number of allylic oxidation sites excluding steroid dienone is 1. The molecule has 2 fully saturated rings. The number of aryl methyl sites for hydroxylation is 2. The fourth-order valence-corrected chi connectivity index (χ4v) is 6.66. The smallest absolute Gasteiger partial charge is 0.312 e. The lowest BCUT2D eigenvalue weighted by Crippen LogP contribution is -2.55. The van der Waals surface area contributed by atoms with E-state index in [1.165, 1.54) is 0 Å². The van der Waals surface area contributed by atoms with Crippen LogP contribution in [-0.4, -0.2) is 71.8 Å². The van der Waals surface area contributed by atoms with E-state index in [1.807, 2.05) is 56.4 Å².